The molecule has 2 heteroatoms. The van der Waals surface area contributed by atoms with Crippen LogP contribution in [-0.2, 0) is 4.74 Å². The lowest BCUT2D eigenvalue weighted by Gasteiger charge is -2.21. The van der Waals surface area contributed by atoms with Crippen molar-refractivity contribution in [3.8, 4) is 0 Å². The van der Waals surface area contributed by atoms with E-state index in [0.717, 1.165) is 11.9 Å². The van der Waals surface area contributed by atoms with Crippen molar-refractivity contribution < 1.29 is 4.74 Å². The summed E-state index contributed by atoms with van der Waals surface area (Å²) < 4.78 is 5.37. The normalized spacial score (nSPS) is 36.8. The molecule has 1 nitrogen and oxygen atoms in total. The van der Waals surface area contributed by atoms with Crippen molar-refractivity contribution in [1.29, 1.82) is 0 Å². The summed E-state index contributed by atoms with van der Waals surface area (Å²) in [6.45, 7) is 3.22. The van der Waals surface area contributed by atoms with Crippen LogP contribution in [0.2, 0.25) is 0 Å². The van der Waals surface area contributed by atoms with E-state index in [0.29, 0.717) is 0 Å². The maximum Gasteiger partial charge on any atom is 0.0978 e. The molecule has 1 saturated heterocycles. The molecular weight excluding hydrogens is 168 g/mol. The highest BCUT2D eigenvalue weighted by atomic mass is 32.2. The third kappa shape index (κ3) is 2.40. The second kappa shape index (κ2) is 3.59. The molecule has 1 aliphatic heterocycles. The first-order valence-corrected chi connectivity index (χ1v) is 6.09. The van der Waals surface area contributed by atoms with Gasteiger partial charge in [0.2, 0.25) is 0 Å². The Hall–Kier alpha value is 0.310. The average molecular weight is 186 g/mol. The molecule has 2 aliphatic rings. The molecule has 70 valence electrons. The fourth-order valence-corrected chi connectivity index (χ4v) is 3.15. The van der Waals surface area contributed by atoms with Gasteiger partial charge in [-0.15, -0.1) is 0 Å². The molecule has 0 N–H and O–H groups in total. The number of epoxide rings is 1. The molecule has 0 amide bonds. The van der Waals surface area contributed by atoms with Gasteiger partial charge in [-0.1, -0.05) is 19.3 Å². The Balaban J connectivity index is 1.65. The molecule has 1 atom stereocenters. The molecule has 0 aromatic rings. The van der Waals surface area contributed by atoms with Gasteiger partial charge >= 0.3 is 0 Å². The summed E-state index contributed by atoms with van der Waals surface area (Å²) in [4.78, 5) is 0. The van der Waals surface area contributed by atoms with Crippen LogP contribution in [0.15, 0.2) is 0 Å². The monoisotopic (exact) mass is 186 g/mol. The molecule has 0 radical (unpaired) electrons. The van der Waals surface area contributed by atoms with Gasteiger partial charge in [0.1, 0.15) is 0 Å². The maximum atomic E-state index is 5.37. The Bertz CT molecular complexity index is 148. The topological polar surface area (TPSA) is 12.5 Å². The standard InChI is InChI=1S/C10H18OS/c1-10(7-11-10)8-12-9-5-3-2-4-6-9/h9H,2-8H2,1H3. The maximum absolute atomic E-state index is 5.37. The Morgan fingerprint density at radius 3 is 2.58 bits per heavy atom. The fourth-order valence-electron chi connectivity index (χ4n) is 1.73. The Morgan fingerprint density at radius 1 is 1.33 bits per heavy atom. The van der Waals surface area contributed by atoms with E-state index in [1.807, 2.05) is 0 Å². The first-order valence-electron chi connectivity index (χ1n) is 5.04. The van der Waals surface area contributed by atoms with Crippen molar-refractivity contribution in [2.45, 2.75) is 49.9 Å². The van der Waals surface area contributed by atoms with Crippen molar-refractivity contribution >= 4 is 11.8 Å². The minimum atomic E-state index is 0.266. The van der Waals surface area contributed by atoms with E-state index in [1.54, 1.807) is 0 Å². The van der Waals surface area contributed by atoms with E-state index in [9.17, 15) is 0 Å². The molecule has 1 aliphatic carbocycles. The van der Waals surface area contributed by atoms with Crippen LogP contribution >= 0.6 is 11.8 Å². The molecule has 1 heterocycles. The van der Waals surface area contributed by atoms with Crippen molar-refractivity contribution in [3.63, 3.8) is 0 Å². The number of rotatable bonds is 3. The summed E-state index contributed by atoms with van der Waals surface area (Å²) in [5.74, 6) is 1.22. The van der Waals surface area contributed by atoms with Gasteiger partial charge in [0, 0.05) is 11.0 Å². The first-order chi connectivity index (χ1) is 5.79. The van der Waals surface area contributed by atoms with Gasteiger partial charge in [-0.3, -0.25) is 0 Å². The van der Waals surface area contributed by atoms with E-state index >= 15 is 0 Å². The van der Waals surface area contributed by atoms with Crippen LogP contribution in [0.5, 0.6) is 0 Å². The third-order valence-corrected chi connectivity index (χ3v) is 4.53. The van der Waals surface area contributed by atoms with Crippen LogP contribution in [0.3, 0.4) is 0 Å². The van der Waals surface area contributed by atoms with E-state index in [-0.39, 0.29) is 5.60 Å². The Kier molecular flexibility index (Phi) is 2.66. The molecule has 2 fully saturated rings. The average Bonchev–Trinajstić information content (AvgIpc) is 2.84. The molecule has 1 saturated carbocycles. The van der Waals surface area contributed by atoms with Crippen LogP contribution in [0.25, 0.3) is 0 Å². The van der Waals surface area contributed by atoms with Gasteiger partial charge in [0.15, 0.2) is 0 Å². The Labute approximate surface area is 79.2 Å². The van der Waals surface area contributed by atoms with Gasteiger partial charge in [-0.2, -0.15) is 11.8 Å². The van der Waals surface area contributed by atoms with Gasteiger partial charge in [-0.25, -0.2) is 0 Å². The molecule has 12 heavy (non-hydrogen) atoms. The summed E-state index contributed by atoms with van der Waals surface area (Å²) in [7, 11) is 0. The Morgan fingerprint density at radius 2 is 2.00 bits per heavy atom. The van der Waals surface area contributed by atoms with Crippen LogP contribution in [0, 0.1) is 0 Å². The zero-order chi connectivity index (χ0) is 8.44. The number of ether oxygens (including phenoxy) is 1. The van der Waals surface area contributed by atoms with Crippen molar-refractivity contribution in [2.75, 3.05) is 12.4 Å². The number of hydrogen-bond acceptors (Lipinski definition) is 2. The summed E-state index contributed by atoms with van der Waals surface area (Å²) in [5.41, 5.74) is 0.266. The van der Waals surface area contributed by atoms with Crippen LogP contribution in [-0.4, -0.2) is 23.2 Å². The largest absolute Gasteiger partial charge is 0.369 e. The fraction of sp³-hybridized carbons (Fsp3) is 1.00. The summed E-state index contributed by atoms with van der Waals surface area (Å²) in [6, 6.07) is 0. The van der Waals surface area contributed by atoms with Gasteiger partial charge < -0.3 is 4.74 Å². The minimum Gasteiger partial charge on any atom is -0.369 e. The zero-order valence-corrected chi connectivity index (χ0v) is 8.66. The van der Waals surface area contributed by atoms with Crippen LogP contribution in [0.4, 0.5) is 0 Å². The van der Waals surface area contributed by atoms with E-state index in [4.69, 9.17) is 4.74 Å². The van der Waals surface area contributed by atoms with Crippen molar-refractivity contribution in [3.05, 3.63) is 0 Å². The predicted molar refractivity (Wildman–Crippen MR) is 53.7 cm³/mol. The molecule has 0 bridgehead atoms. The third-order valence-electron chi connectivity index (χ3n) is 2.81. The smallest absolute Gasteiger partial charge is 0.0978 e. The molecular formula is C10H18OS. The lowest BCUT2D eigenvalue weighted by molar-refractivity contribution is 0.347. The summed E-state index contributed by atoms with van der Waals surface area (Å²) in [5, 5.41) is 0.944. The van der Waals surface area contributed by atoms with Gasteiger partial charge in [0.05, 0.1) is 12.2 Å². The molecule has 0 spiro atoms. The van der Waals surface area contributed by atoms with Crippen molar-refractivity contribution in [1.82, 2.24) is 0 Å². The summed E-state index contributed by atoms with van der Waals surface area (Å²) >= 11 is 2.14. The van der Waals surface area contributed by atoms with Gasteiger partial charge in [-0.05, 0) is 19.8 Å². The lowest BCUT2D eigenvalue weighted by Crippen LogP contribution is -2.15. The zero-order valence-electron chi connectivity index (χ0n) is 7.84. The molecule has 2 rings (SSSR count). The van der Waals surface area contributed by atoms with Crippen LogP contribution in [0.1, 0.15) is 39.0 Å². The van der Waals surface area contributed by atoms with E-state index < -0.39 is 0 Å². The van der Waals surface area contributed by atoms with E-state index in [1.165, 1.54) is 37.9 Å². The molecule has 1 unspecified atom stereocenters. The van der Waals surface area contributed by atoms with Crippen LogP contribution < -0.4 is 0 Å². The minimum absolute atomic E-state index is 0.266. The first kappa shape index (κ1) is 8.89. The highest BCUT2D eigenvalue weighted by Crippen LogP contribution is 2.35. The highest BCUT2D eigenvalue weighted by Gasteiger charge is 2.39. The number of thioether (sulfide) groups is 1. The number of hydrogen-bond donors (Lipinski definition) is 0. The molecule has 0 aromatic heterocycles. The second-order valence-corrected chi connectivity index (χ2v) is 5.60. The molecule has 0 aromatic carbocycles. The summed E-state index contributed by atoms with van der Waals surface area (Å²) in [6.07, 6.45) is 7.26. The quantitative estimate of drug-likeness (QED) is 0.628. The highest BCUT2D eigenvalue weighted by molar-refractivity contribution is 8.00. The lowest BCUT2D eigenvalue weighted by atomic mass is 10.0. The van der Waals surface area contributed by atoms with E-state index in [2.05, 4.69) is 18.7 Å². The SMILES string of the molecule is CC1(CSC2CCCCC2)CO1. The van der Waals surface area contributed by atoms with Gasteiger partial charge in [0.25, 0.3) is 0 Å². The van der Waals surface area contributed by atoms with Crippen molar-refractivity contribution in [2.24, 2.45) is 0 Å². The predicted octanol–water partition coefficient (Wildman–Crippen LogP) is 2.84. The second-order valence-electron chi connectivity index (χ2n) is 4.31.